The highest BCUT2D eigenvalue weighted by Gasteiger charge is 2.10. The molecular weight excluding hydrogens is 316 g/mol. The van der Waals surface area contributed by atoms with Crippen LogP contribution in [0.5, 0.6) is 11.5 Å². The van der Waals surface area contributed by atoms with Crippen molar-refractivity contribution in [3.63, 3.8) is 0 Å². The summed E-state index contributed by atoms with van der Waals surface area (Å²) in [5.41, 5.74) is 2.38. The Bertz CT molecular complexity index is 704. The van der Waals surface area contributed by atoms with E-state index in [4.69, 9.17) is 21.1 Å². The molecule has 0 bridgehead atoms. The first-order valence-electron chi connectivity index (χ1n) is 7.06. The van der Waals surface area contributed by atoms with E-state index in [-0.39, 0.29) is 5.91 Å². The number of halogens is 1. The topological polar surface area (TPSA) is 59.6 Å². The maximum absolute atomic E-state index is 11.1. The van der Waals surface area contributed by atoms with Crippen LogP contribution in [0.4, 0.5) is 11.4 Å². The van der Waals surface area contributed by atoms with Crippen LogP contribution in [0.1, 0.15) is 12.5 Å². The number of carbonyl (C=O) groups excluding carboxylic acids is 1. The molecule has 0 aromatic heterocycles. The Hall–Kier alpha value is -2.40. The van der Waals surface area contributed by atoms with Crippen molar-refractivity contribution in [3.05, 3.63) is 47.0 Å². The molecule has 0 fully saturated rings. The van der Waals surface area contributed by atoms with Gasteiger partial charge in [-0.05, 0) is 24.3 Å². The molecule has 1 amide bonds. The van der Waals surface area contributed by atoms with Crippen molar-refractivity contribution in [2.75, 3.05) is 24.9 Å². The molecule has 0 aliphatic heterocycles. The van der Waals surface area contributed by atoms with E-state index >= 15 is 0 Å². The van der Waals surface area contributed by atoms with E-state index in [0.717, 1.165) is 11.3 Å². The van der Waals surface area contributed by atoms with Crippen molar-refractivity contribution in [3.8, 4) is 11.5 Å². The van der Waals surface area contributed by atoms with Crippen LogP contribution in [0.3, 0.4) is 0 Å². The largest absolute Gasteiger partial charge is 0.493 e. The minimum atomic E-state index is -0.136. The molecular formula is C17H19ClN2O3. The number of hydrogen-bond donors (Lipinski definition) is 2. The van der Waals surface area contributed by atoms with Gasteiger partial charge in [-0.1, -0.05) is 23.7 Å². The highest BCUT2D eigenvalue weighted by Crippen LogP contribution is 2.32. The average Bonchev–Trinajstić information content (AvgIpc) is 2.53. The Balaban J connectivity index is 2.14. The van der Waals surface area contributed by atoms with Gasteiger partial charge in [-0.15, -0.1) is 0 Å². The number of amides is 1. The van der Waals surface area contributed by atoms with Crippen molar-refractivity contribution < 1.29 is 14.3 Å². The Morgan fingerprint density at radius 1 is 1.17 bits per heavy atom. The van der Waals surface area contributed by atoms with Crippen LogP contribution in [0.2, 0.25) is 5.02 Å². The third kappa shape index (κ3) is 4.29. The van der Waals surface area contributed by atoms with Crippen LogP contribution in [0, 0.1) is 0 Å². The lowest BCUT2D eigenvalue weighted by atomic mass is 10.1. The summed E-state index contributed by atoms with van der Waals surface area (Å²) < 4.78 is 10.7. The van der Waals surface area contributed by atoms with Crippen molar-refractivity contribution in [2.24, 2.45) is 0 Å². The number of nitrogens with one attached hydrogen (secondary N) is 2. The predicted molar refractivity (Wildman–Crippen MR) is 92.6 cm³/mol. The molecule has 0 heterocycles. The summed E-state index contributed by atoms with van der Waals surface area (Å²) in [6, 6.07) is 11.0. The first-order valence-corrected chi connectivity index (χ1v) is 7.43. The number of para-hydroxylation sites is 1. The van der Waals surface area contributed by atoms with Gasteiger partial charge in [0.2, 0.25) is 5.91 Å². The number of methoxy groups -OCH3 is 2. The molecule has 0 atom stereocenters. The molecule has 6 heteroatoms. The molecule has 2 N–H and O–H groups in total. The quantitative estimate of drug-likeness (QED) is 0.840. The molecule has 0 radical (unpaired) electrons. The molecule has 0 aliphatic carbocycles. The summed E-state index contributed by atoms with van der Waals surface area (Å²) >= 11 is 6.24. The van der Waals surface area contributed by atoms with Crippen LogP contribution in [0.15, 0.2) is 36.4 Å². The Morgan fingerprint density at radius 3 is 2.57 bits per heavy atom. The molecule has 2 aromatic rings. The number of hydrogen-bond acceptors (Lipinski definition) is 4. The molecule has 122 valence electrons. The Morgan fingerprint density at radius 2 is 1.96 bits per heavy atom. The average molecular weight is 335 g/mol. The summed E-state index contributed by atoms with van der Waals surface area (Å²) in [5, 5.41) is 6.47. The zero-order chi connectivity index (χ0) is 16.8. The van der Waals surface area contributed by atoms with E-state index in [1.807, 2.05) is 24.3 Å². The van der Waals surface area contributed by atoms with Crippen LogP contribution >= 0.6 is 11.6 Å². The number of benzene rings is 2. The highest BCUT2D eigenvalue weighted by molar-refractivity contribution is 6.33. The van der Waals surface area contributed by atoms with E-state index < -0.39 is 0 Å². The van der Waals surface area contributed by atoms with Crippen molar-refractivity contribution in [1.82, 2.24) is 0 Å². The second-order valence-electron chi connectivity index (χ2n) is 4.88. The van der Waals surface area contributed by atoms with Gasteiger partial charge in [-0.2, -0.15) is 0 Å². The Kier molecular flexibility index (Phi) is 5.71. The van der Waals surface area contributed by atoms with E-state index in [9.17, 15) is 4.79 Å². The maximum Gasteiger partial charge on any atom is 0.221 e. The number of carbonyl (C=O) groups is 1. The fourth-order valence-electron chi connectivity index (χ4n) is 2.22. The number of rotatable bonds is 6. The minimum absolute atomic E-state index is 0.136. The molecule has 2 aromatic carbocycles. The first kappa shape index (κ1) is 17.0. The standard InChI is InChI=1S/C17H19ClN2O3/c1-11(21)20-13-7-8-15(14(18)9-13)19-10-12-5-4-6-16(22-2)17(12)23-3/h4-9,19H,10H2,1-3H3,(H,20,21). The van der Waals surface area contributed by atoms with Gasteiger partial charge in [-0.25, -0.2) is 0 Å². The van der Waals surface area contributed by atoms with Crippen molar-refractivity contribution in [2.45, 2.75) is 13.5 Å². The zero-order valence-corrected chi connectivity index (χ0v) is 14.0. The van der Waals surface area contributed by atoms with Crippen LogP contribution in [-0.2, 0) is 11.3 Å². The lowest BCUT2D eigenvalue weighted by Crippen LogP contribution is -2.06. The number of anilines is 2. The smallest absolute Gasteiger partial charge is 0.221 e. The van der Waals surface area contributed by atoms with Crippen molar-refractivity contribution >= 4 is 28.9 Å². The van der Waals surface area contributed by atoms with Crippen LogP contribution in [0.25, 0.3) is 0 Å². The van der Waals surface area contributed by atoms with Crippen LogP contribution in [-0.4, -0.2) is 20.1 Å². The van der Waals surface area contributed by atoms with Gasteiger partial charge in [0.15, 0.2) is 11.5 Å². The second kappa shape index (κ2) is 7.74. The third-order valence-corrected chi connectivity index (χ3v) is 3.56. The normalized spacial score (nSPS) is 10.1. The molecule has 23 heavy (non-hydrogen) atoms. The fourth-order valence-corrected chi connectivity index (χ4v) is 2.47. The lowest BCUT2D eigenvalue weighted by Gasteiger charge is -2.14. The molecule has 2 rings (SSSR count). The van der Waals surface area contributed by atoms with Gasteiger partial charge in [0.25, 0.3) is 0 Å². The highest BCUT2D eigenvalue weighted by atomic mass is 35.5. The molecule has 0 unspecified atom stereocenters. The van der Waals surface area contributed by atoms with E-state index in [0.29, 0.717) is 28.8 Å². The van der Waals surface area contributed by atoms with Gasteiger partial charge in [0, 0.05) is 24.7 Å². The Labute approximate surface area is 140 Å². The van der Waals surface area contributed by atoms with E-state index in [1.54, 1.807) is 26.4 Å². The predicted octanol–water partition coefficient (Wildman–Crippen LogP) is 3.93. The molecule has 5 nitrogen and oxygen atoms in total. The van der Waals surface area contributed by atoms with Gasteiger partial charge in [0.1, 0.15) is 0 Å². The summed E-state index contributed by atoms with van der Waals surface area (Å²) in [6.07, 6.45) is 0. The third-order valence-electron chi connectivity index (χ3n) is 3.24. The van der Waals surface area contributed by atoms with Gasteiger partial charge in [0.05, 0.1) is 24.9 Å². The summed E-state index contributed by atoms with van der Waals surface area (Å²) in [7, 11) is 3.21. The van der Waals surface area contributed by atoms with Crippen molar-refractivity contribution in [1.29, 1.82) is 0 Å². The SMILES string of the molecule is COc1cccc(CNc2ccc(NC(C)=O)cc2Cl)c1OC. The fraction of sp³-hybridized carbons (Fsp3) is 0.235. The minimum Gasteiger partial charge on any atom is -0.493 e. The second-order valence-corrected chi connectivity index (χ2v) is 5.29. The molecule has 0 spiro atoms. The maximum atomic E-state index is 11.1. The molecule has 0 saturated carbocycles. The molecule has 0 aliphatic rings. The van der Waals surface area contributed by atoms with Crippen LogP contribution < -0.4 is 20.1 Å². The number of ether oxygens (including phenoxy) is 2. The first-order chi connectivity index (χ1) is 11.0. The summed E-state index contributed by atoms with van der Waals surface area (Å²) in [6.45, 7) is 1.98. The van der Waals surface area contributed by atoms with E-state index in [2.05, 4.69) is 10.6 Å². The summed E-state index contributed by atoms with van der Waals surface area (Å²) in [4.78, 5) is 11.1. The van der Waals surface area contributed by atoms with E-state index in [1.165, 1.54) is 6.92 Å². The van der Waals surface area contributed by atoms with Gasteiger partial charge >= 0.3 is 0 Å². The summed E-state index contributed by atoms with van der Waals surface area (Å²) in [5.74, 6) is 1.23. The van der Waals surface area contributed by atoms with Gasteiger partial charge in [-0.3, -0.25) is 4.79 Å². The van der Waals surface area contributed by atoms with Gasteiger partial charge < -0.3 is 20.1 Å². The zero-order valence-electron chi connectivity index (χ0n) is 13.3. The molecule has 0 saturated heterocycles. The monoisotopic (exact) mass is 334 g/mol. The lowest BCUT2D eigenvalue weighted by molar-refractivity contribution is -0.114.